The molecule has 7 aliphatic rings. The SMILES string of the molecule is CC(=O)OC1CC2CCC3C4CC(N5CCCCC5)C(OC(C)=O)C4(C)CCC4CC2(CC1N1CCCCC1)C43. The first-order valence-corrected chi connectivity index (χ1v) is 17.1. The molecule has 7 fully saturated rings. The quantitative estimate of drug-likeness (QED) is 0.408. The van der Waals surface area contributed by atoms with Crippen molar-refractivity contribution < 1.29 is 19.1 Å². The van der Waals surface area contributed by atoms with Crippen LogP contribution >= 0.6 is 0 Å². The lowest BCUT2D eigenvalue weighted by atomic mass is 9.37. The fourth-order valence-corrected chi connectivity index (χ4v) is 12.3. The summed E-state index contributed by atoms with van der Waals surface area (Å²) >= 11 is 0. The number of likely N-dealkylation sites (tertiary alicyclic amines) is 2. The van der Waals surface area contributed by atoms with Crippen LogP contribution in [0, 0.1) is 40.4 Å². The van der Waals surface area contributed by atoms with Crippen molar-refractivity contribution in [2.45, 2.75) is 135 Å². The fraction of sp³-hybridized carbons (Fsp3) is 0.941. The Morgan fingerprint density at radius 2 is 1.40 bits per heavy atom. The minimum Gasteiger partial charge on any atom is -0.461 e. The third-order valence-corrected chi connectivity index (χ3v) is 13.7. The summed E-state index contributed by atoms with van der Waals surface area (Å²) in [7, 11) is 0. The Labute approximate surface area is 242 Å². The van der Waals surface area contributed by atoms with E-state index in [1.807, 2.05) is 0 Å². The molecule has 0 radical (unpaired) electrons. The van der Waals surface area contributed by atoms with Gasteiger partial charge in [-0.1, -0.05) is 19.8 Å². The van der Waals surface area contributed by atoms with Crippen molar-refractivity contribution in [1.29, 1.82) is 0 Å². The number of rotatable bonds is 4. The van der Waals surface area contributed by atoms with Gasteiger partial charge in [0.15, 0.2) is 0 Å². The van der Waals surface area contributed by atoms with Gasteiger partial charge in [-0.05, 0) is 138 Å². The molecule has 2 aliphatic heterocycles. The van der Waals surface area contributed by atoms with Gasteiger partial charge in [0.05, 0.1) is 0 Å². The summed E-state index contributed by atoms with van der Waals surface area (Å²) in [6.07, 6.45) is 17.9. The molecule has 40 heavy (non-hydrogen) atoms. The molecule has 0 amide bonds. The number of piperidine rings is 2. The Morgan fingerprint density at radius 3 is 2.05 bits per heavy atom. The molecular formula is C34H54N2O4. The Hall–Kier alpha value is -1.14. The molecule has 6 nitrogen and oxygen atoms in total. The molecule has 0 aromatic carbocycles. The number of hydrogen-bond acceptors (Lipinski definition) is 6. The van der Waals surface area contributed by atoms with Gasteiger partial charge in [0.25, 0.3) is 0 Å². The van der Waals surface area contributed by atoms with E-state index in [2.05, 4.69) is 16.7 Å². The van der Waals surface area contributed by atoms with Crippen LogP contribution in [0.2, 0.25) is 0 Å². The molecule has 1 spiro atoms. The highest BCUT2D eigenvalue weighted by molar-refractivity contribution is 5.66. The molecule has 0 bridgehead atoms. The van der Waals surface area contributed by atoms with E-state index in [0.717, 1.165) is 24.2 Å². The summed E-state index contributed by atoms with van der Waals surface area (Å²) in [6.45, 7) is 10.4. The number of esters is 2. The van der Waals surface area contributed by atoms with Crippen LogP contribution in [0.1, 0.15) is 111 Å². The second-order valence-corrected chi connectivity index (χ2v) is 15.5. The van der Waals surface area contributed by atoms with Crippen molar-refractivity contribution in [3.05, 3.63) is 0 Å². The third kappa shape index (κ3) is 4.39. The normalized spacial score (nSPS) is 49.0. The van der Waals surface area contributed by atoms with Crippen LogP contribution in [0.25, 0.3) is 0 Å². The van der Waals surface area contributed by atoms with E-state index >= 15 is 0 Å². The van der Waals surface area contributed by atoms with Crippen LogP contribution < -0.4 is 0 Å². The standard InChI is InChI=1S/C34H54N2O4/c1-22(37)39-30-18-25-10-11-26-27-19-28(35-14-6-4-7-15-35)32(40-23(2)38)33(27,3)13-12-24-20-34(25,31(24)26)21-29(30)36-16-8-5-9-17-36/h24-32H,4-21H2,1-3H3. The molecule has 5 aliphatic carbocycles. The maximum atomic E-state index is 12.5. The molecule has 6 heteroatoms. The van der Waals surface area contributed by atoms with Crippen LogP contribution in [-0.2, 0) is 19.1 Å². The number of carbonyl (C=O) groups is 2. The summed E-state index contributed by atoms with van der Waals surface area (Å²) in [5.41, 5.74) is 0.517. The molecular weight excluding hydrogens is 500 g/mol. The van der Waals surface area contributed by atoms with Gasteiger partial charge in [0, 0.05) is 31.3 Å². The van der Waals surface area contributed by atoms with Crippen molar-refractivity contribution in [2.75, 3.05) is 26.2 Å². The topological polar surface area (TPSA) is 59.1 Å². The monoisotopic (exact) mass is 554 g/mol. The molecule has 224 valence electrons. The van der Waals surface area contributed by atoms with Crippen molar-refractivity contribution in [3.63, 3.8) is 0 Å². The second kappa shape index (κ2) is 10.5. The molecule has 7 rings (SSSR count). The highest BCUT2D eigenvalue weighted by atomic mass is 16.5. The molecule has 2 saturated heterocycles. The van der Waals surface area contributed by atoms with Crippen LogP contribution in [0.15, 0.2) is 0 Å². The van der Waals surface area contributed by atoms with Crippen LogP contribution in [0.3, 0.4) is 0 Å². The lowest BCUT2D eigenvalue weighted by molar-refractivity contribution is -0.217. The van der Waals surface area contributed by atoms with Gasteiger partial charge in [-0.2, -0.15) is 0 Å². The van der Waals surface area contributed by atoms with E-state index in [0.29, 0.717) is 29.3 Å². The van der Waals surface area contributed by atoms with Gasteiger partial charge >= 0.3 is 11.9 Å². The van der Waals surface area contributed by atoms with Crippen LogP contribution in [0.5, 0.6) is 0 Å². The van der Waals surface area contributed by atoms with Gasteiger partial charge in [-0.3, -0.25) is 19.4 Å². The Morgan fingerprint density at radius 1 is 0.750 bits per heavy atom. The molecule has 0 aromatic heterocycles. The highest BCUT2D eigenvalue weighted by Crippen LogP contribution is 2.74. The maximum Gasteiger partial charge on any atom is 0.302 e. The average molecular weight is 555 g/mol. The summed E-state index contributed by atoms with van der Waals surface area (Å²) in [5, 5.41) is 0. The molecule has 5 saturated carbocycles. The van der Waals surface area contributed by atoms with E-state index in [9.17, 15) is 9.59 Å². The molecule has 2 heterocycles. The number of nitrogens with zero attached hydrogens (tertiary/aromatic N) is 2. The highest BCUT2D eigenvalue weighted by Gasteiger charge is 2.70. The molecule has 0 N–H and O–H groups in total. The first-order valence-electron chi connectivity index (χ1n) is 17.1. The number of hydrogen-bond donors (Lipinski definition) is 0. The first kappa shape index (κ1) is 27.7. The van der Waals surface area contributed by atoms with Gasteiger partial charge in [-0.15, -0.1) is 0 Å². The zero-order valence-corrected chi connectivity index (χ0v) is 25.5. The van der Waals surface area contributed by atoms with Gasteiger partial charge in [-0.25, -0.2) is 0 Å². The summed E-state index contributed by atoms with van der Waals surface area (Å²) in [4.78, 5) is 30.1. The number of carbonyl (C=O) groups excluding carboxylic acids is 2. The predicted octanol–water partition coefficient (Wildman–Crippen LogP) is 5.82. The van der Waals surface area contributed by atoms with E-state index in [4.69, 9.17) is 9.47 Å². The smallest absolute Gasteiger partial charge is 0.302 e. The van der Waals surface area contributed by atoms with E-state index in [1.165, 1.54) is 110 Å². The van der Waals surface area contributed by atoms with Gasteiger partial charge in [0.2, 0.25) is 0 Å². The van der Waals surface area contributed by atoms with E-state index in [-0.39, 0.29) is 29.6 Å². The maximum absolute atomic E-state index is 12.5. The van der Waals surface area contributed by atoms with Gasteiger partial charge in [0.1, 0.15) is 12.2 Å². The fourth-order valence-electron chi connectivity index (χ4n) is 12.3. The largest absolute Gasteiger partial charge is 0.461 e. The van der Waals surface area contributed by atoms with Gasteiger partial charge < -0.3 is 9.47 Å². The molecule has 0 aromatic rings. The lowest BCUT2D eigenvalue weighted by Gasteiger charge is -2.69. The first-order chi connectivity index (χ1) is 19.3. The van der Waals surface area contributed by atoms with Crippen LogP contribution in [-0.4, -0.2) is 72.2 Å². The zero-order valence-electron chi connectivity index (χ0n) is 25.5. The van der Waals surface area contributed by atoms with E-state index < -0.39 is 0 Å². The Kier molecular flexibility index (Phi) is 7.29. The number of ether oxygens (including phenoxy) is 2. The van der Waals surface area contributed by atoms with Crippen molar-refractivity contribution >= 4 is 11.9 Å². The van der Waals surface area contributed by atoms with Crippen molar-refractivity contribution in [1.82, 2.24) is 9.80 Å². The molecule has 11 unspecified atom stereocenters. The Balaban J connectivity index is 1.19. The van der Waals surface area contributed by atoms with Crippen LogP contribution in [0.4, 0.5) is 0 Å². The van der Waals surface area contributed by atoms with Crippen molar-refractivity contribution in [2.24, 2.45) is 40.4 Å². The third-order valence-electron chi connectivity index (χ3n) is 13.7. The predicted molar refractivity (Wildman–Crippen MR) is 154 cm³/mol. The summed E-state index contributed by atoms with van der Waals surface area (Å²) < 4.78 is 12.5. The minimum atomic E-state index is -0.0976. The lowest BCUT2D eigenvalue weighted by Crippen LogP contribution is -2.66. The summed E-state index contributed by atoms with van der Waals surface area (Å²) in [5.74, 6) is 3.55. The zero-order chi connectivity index (χ0) is 27.6. The average Bonchev–Trinajstić information content (AvgIpc) is 3.14. The molecule has 11 atom stereocenters. The minimum absolute atomic E-state index is 0.0417. The van der Waals surface area contributed by atoms with Crippen molar-refractivity contribution in [3.8, 4) is 0 Å². The van der Waals surface area contributed by atoms with E-state index in [1.54, 1.807) is 13.8 Å². The second-order valence-electron chi connectivity index (χ2n) is 15.5. The summed E-state index contributed by atoms with van der Waals surface area (Å²) in [6, 6.07) is 0.790. The Bertz CT molecular complexity index is 975. The number of fused-ring (bicyclic) bond motifs is 2.